The van der Waals surface area contributed by atoms with E-state index in [0.717, 1.165) is 29.8 Å². The van der Waals surface area contributed by atoms with Crippen LogP contribution in [0.3, 0.4) is 0 Å². The Morgan fingerprint density at radius 1 is 1.12 bits per heavy atom. The minimum atomic E-state index is -4.69. The number of alkyl halides is 3. The predicted molar refractivity (Wildman–Crippen MR) is 155 cm³/mol. The van der Waals surface area contributed by atoms with E-state index >= 15 is 0 Å². The molecule has 1 N–H and O–H groups in total. The molecule has 0 aliphatic heterocycles. The molecular weight excluding hydrogens is 561 g/mol. The van der Waals surface area contributed by atoms with Gasteiger partial charge in [0.1, 0.15) is 22.5 Å². The van der Waals surface area contributed by atoms with Crippen LogP contribution in [0.1, 0.15) is 40.3 Å². The molecule has 10 heteroatoms. The van der Waals surface area contributed by atoms with Gasteiger partial charge in [0.05, 0.1) is 18.9 Å². The number of amides is 1. The first-order chi connectivity index (χ1) is 20.3. The smallest absolute Gasteiger partial charge is 0.433 e. The van der Waals surface area contributed by atoms with Crippen molar-refractivity contribution in [3.63, 3.8) is 0 Å². The van der Waals surface area contributed by atoms with Crippen molar-refractivity contribution < 1.29 is 22.7 Å². The third-order valence-electron chi connectivity index (χ3n) is 6.89. The van der Waals surface area contributed by atoms with E-state index < -0.39 is 11.9 Å². The Hall–Kier alpha value is -4.62. The first kappa shape index (κ1) is 28.9. The number of carbonyl (C=O) groups is 1. The molecule has 3 aromatic carbocycles. The van der Waals surface area contributed by atoms with E-state index in [1.54, 1.807) is 48.5 Å². The molecule has 1 aliphatic carbocycles. The normalized spacial score (nSPS) is 16.2. The highest BCUT2D eigenvalue weighted by molar-refractivity contribution is 7.98. The van der Waals surface area contributed by atoms with Crippen molar-refractivity contribution in [2.45, 2.75) is 29.3 Å². The van der Waals surface area contributed by atoms with Crippen LogP contribution in [0.15, 0.2) is 95.1 Å². The lowest BCUT2D eigenvalue weighted by Crippen LogP contribution is -2.20. The van der Waals surface area contributed by atoms with E-state index in [9.17, 15) is 23.2 Å². The number of halogens is 3. The van der Waals surface area contributed by atoms with Gasteiger partial charge in [-0.2, -0.15) is 23.5 Å². The van der Waals surface area contributed by atoms with Crippen LogP contribution < -0.4 is 10.2 Å². The Morgan fingerprint density at radius 2 is 1.83 bits per heavy atom. The van der Waals surface area contributed by atoms with Crippen LogP contribution in [0.2, 0.25) is 0 Å². The van der Waals surface area contributed by atoms with Crippen molar-refractivity contribution in [2.75, 3.05) is 7.11 Å². The van der Waals surface area contributed by atoms with E-state index in [2.05, 4.69) is 15.5 Å². The Kier molecular flexibility index (Phi) is 8.59. The number of pyridine rings is 1. The van der Waals surface area contributed by atoms with Crippen LogP contribution in [-0.2, 0) is 16.7 Å². The lowest BCUT2D eigenvalue weighted by Gasteiger charge is -2.15. The zero-order valence-corrected chi connectivity index (χ0v) is 23.2. The second-order valence-corrected chi connectivity index (χ2v) is 10.6. The highest BCUT2D eigenvalue weighted by Gasteiger charge is 2.43. The number of carbonyl (C=O) groups excluding carboxylic acids is 1. The number of methoxy groups -OCH3 is 1. The predicted octanol–water partition coefficient (Wildman–Crippen LogP) is 7.19. The van der Waals surface area contributed by atoms with Crippen LogP contribution >= 0.6 is 11.8 Å². The molecule has 0 radical (unpaired) electrons. The summed E-state index contributed by atoms with van der Waals surface area (Å²) in [6.45, 7) is 0. The number of hydrogen-bond acceptors (Lipinski definition) is 6. The molecule has 0 bridgehead atoms. The number of thioether (sulfide) groups is 1. The van der Waals surface area contributed by atoms with Crippen molar-refractivity contribution in [2.24, 2.45) is 11.0 Å². The summed E-state index contributed by atoms with van der Waals surface area (Å²) in [5.74, 6) is 0.605. The zero-order valence-electron chi connectivity index (χ0n) is 22.4. The Bertz CT molecular complexity index is 1650. The molecule has 4 aromatic rings. The average molecular weight is 587 g/mol. The van der Waals surface area contributed by atoms with Crippen LogP contribution in [0.5, 0.6) is 5.75 Å². The van der Waals surface area contributed by atoms with Crippen molar-refractivity contribution in [3.05, 3.63) is 113 Å². The third-order valence-corrected chi connectivity index (χ3v) is 7.91. The molecule has 0 unspecified atom stereocenters. The van der Waals surface area contributed by atoms with Crippen LogP contribution in [-0.4, -0.2) is 24.2 Å². The second kappa shape index (κ2) is 12.5. The van der Waals surface area contributed by atoms with Crippen molar-refractivity contribution in [1.29, 1.82) is 5.26 Å². The fourth-order valence-corrected chi connectivity index (χ4v) is 5.65. The first-order valence-corrected chi connectivity index (χ1v) is 14.0. The molecule has 1 saturated carbocycles. The van der Waals surface area contributed by atoms with Gasteiger partial charge in [0, 0.05) is 22.8 Å². The Morgan fingerprint density at radius 3 is 2.50 bits per heavy atom. The third kappa shape index (κ3) is 6.64. The van der Waals surface area contributed by atoms with Gasteiger partial charge in [-0.25, -0.2) is 10.4 Å². The van der Waals surface area contributed by atoms with Crippen LogP contribution in [0.25, 0.3) is 11.1 Å². The van der Waals surface area contributed by atoms with Crippen LogP contribution in [0.4, 0.5) is 13.2 Å². The van der Waals surface area contributed by atoms with E-state index in [4.69, 9.17) is 4.74 Å². The summed E-state index contributed by atoms with van der Waals surface area (Å²) in [5.41, 5.74) is 4.69. The minimum absolute atomic E-state index is 0.0306. The maximum absolute atomic E-state index is 13.8. The van der Waals surface area contributed by atoms with E-state index in [-0.39, 0.29) is 39.6 Å². The largest absolute Gasteiger partial charge is 0.496 e. The standard InChI is InChI=1S/C32H25F3N4O2S/c1-41-28-13-12-20(18-37-39-30(40)26-15-24(26)21-8-4-2-5-9-21)14-23(28)19-42-31-27(17-36)25(22-10-6-3-7-11-22)16-29(38-31)32(33,34)35/h2-14,16,18,24,26H,15,19H2,1H3,(H,39,40)/t24-,26+/m1/s1. The fraction of sp³-hybridized carbons (Fsp3) is 0.188. The van der Waals surface area contributed by atoms with Gasteiger partial charge in [0.2, 0.25) is 5.91 Å². The molecule has 42 heavy (non-hydrogen) atoms. The summed E-state index contributed by atoms with van der Waals surface area (Å²) >= 11 is 1.01. The number of nitrogens with one attached hydrogen (secondary N) is 1. The molecule has 1 heterocycles. The fourth-order valence-electron chi connectivity index (χ4n) is 4.67. The van der Waals surface area contributed by atoms with Gasteiger partial charge in [-0.15, -0.1) is 11.8 Å². The molecule has 212 valence electrons. The molecule has 1 amide bonds. The highest BCUT2D eigenvalue weighted by atomic mass is 32.2. The molecule has 6 nitrogen and oxygen atoms in total. The van der Waals surface area contributed by atoms with Gasteiger partial charge in [0.25, 0.3) is 0 Å². The monoisotopic (exact) mass is 586 g/mol. The van der Waals surface area contributed by atoms with Gasteiger partial charge in [0.15, 0.2) is 0 Å². The van der Waals surface area contributed by atoms with E-state index in [0.29, 0.717) is 22.4 Å². The van der Waals surface area contributed by atoms with Crippen LogP contribution in [0, 0.1) is 17.2 Å². The number of ether oxygens (including phenoxy) is 1. The molecular formula is C32H25F3N4O2S. The lowest BCUT2D eigenvalue weighted by atomic mass is 10.0. The van der Waals surface area contributed by atoms with Gasteiger partial charge < -0.3 is 4.74 Å². The summed E-state index contributed by atoms with van der Waals surface area (Å²) in [7, 11) is 1.49. The Balaban J connectivity index is 1.33. The maximum atomic E-state index is 13.8. The van der Waals surface area contributed by atoms with Crippen molar-refractivity contribution in [1.82, 2.24) is 10.4 Å². The lowest BCUT2D eigenvalue weighted by molar-refractivity contribution is -0.141. The minimum Gasteiger partial charge on any atom is -0.496 e. The molecule has 1 aliphatic rings. The number of nitrogens with zero attached hydrogens (tertiary/aromatic N) is 3. The summed E-state index contributed by atoms with van der Waals surface area (Å²) in [6, 6.07) is 26.5. The Labute approximate surface area is 245 Å². The molecule has 2 atom stereocenters. The molecule has 1 fully saturated rings. The molecule has 0 spiro atoms. The van der Waals surface area contributed by atoms with Crippen molar-refractivity contribution >= 4 is 23.9 Å². The summed E-state index contributed by atoms with van der Waals surface area (Å²) < 4.78 is 46.7. The van der Waals surface area contributed by atoms with Gasteiger partial charge in [-0.05, 0) is 53.3 Å². The van der Waals surface area contributed by atoms with Gasteiger partial charge >= 0.3 is 6.18 Å². The summed E-state index contributed by atoms with van der Waals surface area (Å²) in [5, 5.41) is 14.0. The number of rotatable bonds is 9. The quantitative estimate of drug-likeness (QED) is 0.127. The topological polar surface area (TPSA) is 87.4 Å². The number of benzene rings is 3. The number of hydrogen-bond donors (Lipinski definition) is 1. The summed E-state index contributed by atoms with van der Waals surface area (Å²) in [6.07, 6.45) is -2.41. The number of nitriles is 1. The zero-order chi connectivity index (χ0) is 29.7. The van der Waals surface area contributed by atoms with Crippen molar-refractivity contribution in [3.8, 4) is 22.9 Å². The number of hydrazone groups is 1. The molecule has 1 aromatic heterocycles. The van der Waals surface area contributed by atoms with E-state index in [1.165, 1.54) is 13.3 Å². The van der Waals surface area contributed by atoms with Gasteiger partial charge in [-0.3, -0.25) is 4.79 Å². The second-order valence-electron chi connectivity index (χ2n) is 9.66. The van der Waals surface area contributed by atoms with Gasteiger partial charge in [-0.1, -0.05) is 60.7 Å². The average Bonchev–Trinajstić information content (AvgIpc) is 3.81. The SMILES string of the molecule is COc1ccc(C=NNC(=O)[C@H]2C[C@@H]2c2ccccc2)cc1CSc1nc(C(F)(F)F)cc(-c2ccccc2)c1C#N. The molecule has 5 rings (SSSR count). The molecule has 0 saturated heterocycles. The maximum Gasteiger partial charge on any atom is 0.433 e. The van der Waals surface area contributed by atoms with E-state index in [1.807, 2.05) is 36.4 Å². The first-order valence-electron chi connectivity index (χ1n) is 13.0. The number of aromatic nitrogens is 1. The highest BCUT2D eigenvalue weighted by Crippen LogP contribution is 2.47. The summed E-state index contributed by atoms with van der Waals surface area (Å²) in [4.78, 5) is 16.3.